The van der Waals surface area contributed by atoms with Gasteiger partial charge in [0.1, 0.15) is 22.6 Å². The number of thiophene rings is 1. The number of amidine groups is 1. The lowest BCUT2D eigenvalue weighted by Gasteiger charge is -2.21. The molecule has 0 radical (unpaired) electrons. The van der Waals surface area contributed by atoms with E-state index in [0.29, 0.717) is 41.3 Å². The van der Waals surface area contributed by atoms with Crippen LogP contribution in [-0.2, 0) is 6.42 Å². The van der Waals surface area contributed by atoms with Crippen molar-refractivity contribution < 1.29 is 23.8 Å². The highest BCUT2D eigenvalue weighted by Gasteiger charge is 2.31. The van der Waals surface area contributed by atoms with E-state index in [0.717, 1.165) is 16.0 Å². The van der Waals surface area contributed by atoms with Gasteiger partial charge in [-0.1, -0.05) is 0 Å². The predicted molar refractivity (Wildman–Crippen MR) is 134 cm³/mol. The molecule has 1 unspecified atom stereocenters. The summed E-state index contributed by atoms with van der Waals surface area (Å²) in [5, 5.41) is 26.1. The first-order chi connectivity index (χ1) is 17.8. The van der Waals surface area contributed by atoms with Crippen molar-refractivity contribution in [2.75, 3.05) is 19.0 Å². The molecule has 2 aromatic heterocycles. The number of aromatic nitrogens is 3. The molecule has 13 heteroatoms. The highest BCUT2D eigenvalue weighted by atomic mass is 32.1. The van der Waals surface area contributed by atoms with Gasteiger partial charge in [-0.05, 0) is 41.8 Å². The number of carboxylic acids is 1. The van der Waals surface area contributed by atoms with Crippen molar-refractivity contribution in [3.8, 4) is 17.2 Å². The molecule has 2 aromatic carbocycles. The van der Waals surface area contributed by atoms with E-state index in [1.165, 1.54) is 24.6 Å². The normalized spacial score (nSPS) is 13.0. The van der Waals surface area contributed by atoms with E-state index >= 15 is 4.39 Å². The quantitative estimate of drug-likeness (QED) is 0.173. The predicted octanol–water partition coefficient (Wildman–Crippen LogP) is 2.89. The number of benzene rings is 2. The number of H-pyrrole nitrogens is 1. The van der Waals surface area contributed by atoms with Gasteiger partial charge in [-0.25, -0.2) is 14.0 Å². The molecule has 0 fully saturated rings. The smallest absolute Gasteiger partial charge is 0.348 e. The number of methoxy groups -OCH3 is 1. The number of nitrogens with one attached hydrogen (secondary N) is 3. The highest BCUT2D eigenvalue weighted by molar-refractivity contribution is 7.12. The Hall–Kier alpha value is -4.65. The summed E-state index contributed by atoms with van der Waals surface area (Å²) < 4.78 is 27.8. The second kappa shape index (κ2) is 9.43. The Balaban J connectivity index is 1.65. The first-order valence-electron chi connectivity index (χ1n) is 11.0. The fourth-order valence-corrected chi connectivity index (χ4v) is 4.87. The van der Waals surface area contributed by atoms with E-state index < -0.39 is 23.5 Å². The van der Waals surface area contributed by atoms with Gasteiger partial charge in [0.25, 0.3) is 0 Å². The summed E-state index contributed by atoms with van der Waals surface area (Å²) in [5.41, 5.74) is 6.47. The number of hydrogen-bond acceptors (Lipinski definition) is 8. The standard InChI is InChI=1S/C24H21FN6O5S/c1-35-16-10-14(17(25)13-6-8-36-19(13)16)18(28-12-4-2-11(3-5-12)21(26)27)22-29-24(34)31(30-22)15-7-9-37-20(15)23(32)33/h2-5,7,9-10,18,28H,6,8H2,1H3,(H3,26,27)(H,32,33)(H,29,30,34). The second-order valence-electron chi connectivity index (χ2n) is 8.12. The molecule has 190 valence electrons. The zero-order valence-corrected chi connectivity index (χ0v) is 20.2. The maximum absolute atomic E-state index is 15.8. The van der Waals surface area contributed by atoms with Crippen LogP contribution in [0.5, 0.6) is 11.5 Å². The van der Waals surface area contributed by atoms with Crippen molar-refractivity contribution in [3.05, 3.63) is 85.5 Å². The molecule has 5 rings (SSSR count). The van der Waals surface area contributed by atoms with Gasteiger partial charge in [-0.15, -0.1) is 16.4 Å². The minimum absolute atomic E-state index is 0.0444. The number of rotatable bonds is 8. The number of nitrogen functional groups attached to an aromatic ring is 1. The van der Waals surface area contributed by atoms with Gasteiger partial charge in [0.05, 0.1) is 19.4 Å². The van der Waals surface area contributed by atoms with Crippen molar-refractivity contribution in [2.45, 2.75) is 12.5 Å². The van der Waals surface area contributed by atoms with Crippen LogP contribution in [0.3, 0.4) is 0 Å². The number of anilines is 1. The summed E-state index contributed by atoms with van der Waals surface area (Å²) in [5.74, 6) is -1.14. The molecule has 0 aliphatic carbocycles. The Morgan fingerprint density at radius 2 is 2.14 bits per heavy atom. The summed E-state index contributed by atoms with van der Waals surface area (Å²) in [6.45, 7) is 0.304. The number of nitrogens with zero attached hydrogens (tertiary/aromatic N) is 2. The Kier molecular flexibility index (Phi) is 6.13. The zero-order chi connectivity index (χ0) is 26.3. The van der Waals surface area contributed by atoms with Gasteiger partial charge in [-0.3, -0.25) is 10.4 Å². The lowest BCUT2D eigenvalue weighted by Crippen LogP contribution is -2.18. The van der Waals surface area contributed by atoms with E-state index in [-0.39, 0.29) is 27.8 Å². The molecule has 3 heterocycles. The molecule has 4 aromatic rings. The molecule has 1 aliphatic heterocycles. The van der Waals surface area contributed by atoms with Crippen molar-refractivity contribution >= 4 is 28.8 Å². The van der Waals surface area contributed by atoms with Gasteiger partial charge in [-0.2, -0.15) is 4.68 Å². The number of aromatic amines is 1. The maximum atomic E-state index is 15.8. The third kappa shape index (κ3) is 4.29. The molecule has 37 heavy (non-hydrogen) atoms. The van der Waals surface area contributed by atoms with Crippen molar-refractivity contribution in [3.63, 3.8) is 0 Å². The number of ether oxygens (including phenoxy) is 2. The lowest BCUT2D eigenvalue weighted by molar-refractivity contribution is 0.0702. The third-order valence-corrected chi connectivity index (χ3v) is 6.81. The Morgan fingerprint density at radius 3 is 2.81 bits per heavy atom. The second-order valence-corrected chi connectivity index (χ2v) is 9.04. The number of carbonyl (C=O) groups is 1. The Labute approximate surface area is 212 Å². The molecule has 0 saturated carbocycles. The molecule has 11 nitrogen and oxygen atoms in total. The van der Waals surface area contributed by atoms with Crippen LogP contribution >= 0.6 is 11.3 Å². The lowest BCUT2D eigenvalue weighted by atomic mass is 9.99. The molecule has 0 spiro atoms. The van der Waals surface area contributed by atoms with Crippen LogP contribution in [0.15, 0.2) is 46.6 Å². The topological polar surface area (TPSA) is 168 Å². The summed E-state index contributed by atoms with van der Waals surface area (Å²) in [6.07, 6.45) is 0.341. The first kappa shape index (κ1) is 24.1. The van der Waals surface area contributed by atoms with Gasteiger partial charge in [0.15, 0.2) is 17.3 Å². The highest BCUT2D eigenvalue weighted by Crippen LogP contribution is 2.42. The molecule has 0 bridgehead atoms. The summed E-state index contributed by atoms with van der Waals surface area (Å²) >= 11 is 0.956. The van der Waals surface area contributed by atoms with E-state index in [1.54, 1.807) is 24.3 Å². The van der Waals surface area contributed by atoms with Gasteiger partial charge >= 0.3 is 11.7 Å². The van der Waals surface area contributed by atoms with Crippen molar-refractivity contribution in [1.29, 1.82) is 5.41 Å². The van der Waals surface area contributed by atoms with Gasteiger partial charge in [0, 0.05) is 28.8 Å². The van der Waals surface area contributed by atoms with Gasteiger partial charge < -0.3 is 25.6 Å². The van der Waals surface area contributed by atoms with Crippen molar-refractivity contribution in [1.82, 2.24) is 14.8 Å². The molecular formula is C24H21FN6O5S. The largest absolute Gasteiger partial charge is 0.493 e. The van der Waals surface area contributed by atoms with Crippen LogP contribution in [0.25, 0.3) is 5.69 Å². The van der Waals surface area contributed by atoms with E-state index in [9.17, 15) is 14.7 Å². The number of carboxylic acid groups (broad SMARTS) is 1. The number of fused-ring (bicyclic) bond motifs is 1. The maximum Gasteiger partial charge on any atom is 0.348 e. The first-order valence-corrected chi connectivity index (χ1v) is 11.9. The van der Waals surface area contributed by atoms with Gasteiger partial charge in [0.2, 0.25) is 0 Å². The summed E-state index contributed by atoms with van der Waals surface area (Å²) in [6, 6.07) is 8.51. The van der Waals surface area contributed by atoms with E-state index in [4.69, 9.17) is 20.6 Å². The summed E-state index contributed by atoms with van der Waals surface area (Å²) in [7, 11) is 1.45. The van der Waals surface area contributed by atoms with Crippen LogP contribution in [0.2, 0.25) is 0 Å². The minimum atomic E-state index is -1.20. The number of halogens is 1. The number of aromatic carboxylic acids is 1. The monoisotopic (exact) mass is 524 g/mol. The van der Waals surface area contributed by atoms with Crippen LogP contribution in [0, 0.1) is 11.2 Å². The number of hydrogen-bond donors (Lipinski definition) is 5. The fourth-order valence-electron chi connectivity index (χ4n) is 4.16. The van der Waals surface area contributed by atoms with Crippen LogP contribution in [0.1, 0.15) is 38.2 Å². The average molecular weight is 525 g/mol. The van der Waals surface area contributed by atoms with Crippen LogP contribution < -0.4 is 26.2 Å². The molecule has 1 atom stereocenters. The SMILES string of the molecule is COc1cc(C(Nc2ccc(C(=N)N)cc2)c2nn(-c3ccsc3C(=O)O)c(=O)[nH]2)c(F)c2c1OCC2. The number of nitrogens with two attached hydrogens (primary N) is 1. The Bertz CT molecular complexity index is 1580. The van der Waals surface area contributed by atoms with Crippen molar-refractivity contribution in [2.24, 2.45) is 5.73 Å². The molecule has 1 aliphatic rings. The average Bonchev–Trinajstić information content (AvgIpc) is 3.63. The minimum Gasteiger partial charge on any atom is -0.493 e. The summed E-state index contributed by atoms with van der Waals surface area (Å²) in [4.78, 5) is 27.1. The molecular weight excluding hydrogens is 503 g/mol. The van der Waals surface area contributed by atoms with Crippen LogP contribution in [0.4, 0.5) is 10.1 Å². The zero-order valence-electron chi connectivity index (χ0n) is 19.4. The van der Waals surface area contributed by atoms with E-state index in [2.05, 4.69) is 15.4 Å². The Morgan fingerprint density at radius 1 is 1.38 bits per heavy atom. The molecule has 6 N–H and O–H groups in total. The van der Waals surface area contributed by atoms with E-state index in [1.807, 2.05) is 0 Å². The molecule has 0 saturated heterocycles. The van der Waals surface area contributed by atoms with Crippen LogP contribution in [-0.4, -0.2) is 45.4 Å². The molecule has 0 amide bonds. The fraction of sp³-hybridized carbons (Fsp3) is 0.167. The third-order valence-electron chi connectivity index (χ3n) is 5.91.